The van der Waals surface area contributed by atoms with Crippen molar-refractivity contribution < 1.29 is 0 Å². The molecule has 0 fully saturated rings. The number of rotatable bonds is 3. The molecule has 0 unspecified atom stereocenters. The molecule has 0 saturated carbocycles. The number of hydrogen-bond donors (Lipinski definition) is 0. The lowest BCUT2D eigenvalue weighted by Gasteiger charge is -1.87. The molecule has 0 heterocycles. The molecule has 0 saturated heterocycles. The van der Waals surface area contributed by atoms with Gasteiger partial charge in [-0.2, -0.15) is 10.2 Å². The Morgan fingerprint density at radius 2 is 2.00 bits per heavy atom. The average molecular weight is 146 g/mol. The third-order valence-electron chi connectivity index (χ3n) is 1.15. The summed E-state index contributed by atoms with van der Waals surface area (Å²) in [5, 5.41) is 7.82. The van der Waals surface area contributed by atoms with E-state index in [1.165, 1.54) is 0 Å². The van der Waals surface area contributed by atoms with Crippen molar-refractivity contribution in [1.82, 2.24) is 0 Å². The Morgan fingerprint density at radius 3 is 2.64 bits per heavy atom. The number of nitrogens with zero attached hydrogens (tertiary/aromatic N) is 2. The van der Waals surface area contributed by atoms with E-state index in [4.69, 9.17) is 0 Å². The van der Waals surface area contributed by atoms with Crippen molar-refractivity contribution in [3.05, 3.63) is 43.0 Å². The fourth-order valence-corrected chi connectivity index (χ4v) is 0.675. The highest BCUT2D eigenvalue weighted by atomic mass is 15.1. The first-order chi connectivity index (χ1) is 5.43. The number of hydrogen-bond acceptors (Lipinski definition) is 2. The van der Waals surface area contributed by atoms with Gasteiger partial charge in [-0.15, -0.1) is 6.58 Å². The van der Waals surface area contributed by atoms with Gasteiger partial charge in [0.1, 0.15) is 0 Å². The lowest BCUT2D eigenvalue weighted by atomic mass is 10.3. The maximum absolute atomic E-state index is 3.95. The topological polar surface area (TPSA) is 24.7 Å². The molecular formula is C9H10N2. The number of benzene rings is 1. The van der Waals surface area contributed by atoms with E-state index in [1.807, 2.05) is 30.3 Å². The molecule has 11 heavy (non-hydrogen) atoms. The van der Waals surface area contributed by atoms with Crippen molar-refractivity contribution in [2.75, 3.05) is 6.54 Å². The van der Waals surface area contributed by atoms with E-state index in [2.05, 4.69) is 16.8 Å². The zero-order valence-electron chi connectivity index (χ0n) is 6.27. The standard InChI is InChI=1S/C9H10N2/c1-2-8-10-11-9-6-4-3-5-7-9/h2-7H,1,8H2/b11-10+. The molecule has 0 N–H and O–H groups in total. The van der Waals surface area contributed by atoms with Crippen LogP contribution in [-0.4, -0.2) is 6.54 Å². The summed E-state index contributed by atoms with van der Waals surface area (Å²) < 4.78 is 0. The quantitative estimate of drug-likeness (QED) is 0.462. The van der Waals surface area contributed by atoms with Gasteiger partial charge in [-0.25, -0.2) is 0 Å². The van der Waals surface area contributed by atoms with Crippen LogP contribution in [0.1, 0.15) is 0 Å². The summed E-state index contributed by atoms with van der Waals surface area (Å²) in [4.78, 5) is 0. The Bertz CT molecular complexity index is 239. The summed E-state index contributed by atoms with van der Waals surface area (Å²) in [5.41, 5.74) is 0.884. The van der Waals surface area contributed by atoms with Gasteiger partial charge in [0.05, 0.1) is 12.2 Å². The van der Waals surface area contributed by atoms with Crippen LogP contribution in [0.3, 0.4) is 0 Å². The minimum atomic E-state index is 0.578. The van der Waals surface area contributed by atoms with Crippen molar-refractivity contribution in [2.24, 2.45) is 10.2 Å². The first-order valence-electron chi connectivity index (χ1n) is 3.47. The summed E-state index contributed by atoms with van der Waals surface area (Å²) in [6.45, 7) is 4.12. The second-order valence-electron chi connectivity index (χ2n) is 2.05. The molecule has 56 valence electrons. The third-order valence-corrected chi connectivity index (χ3v) is 1.15. The Balaban J connectivity index is 2.57. The minimum Gasteiger partial charge on any atom is -0.185 e. The summed E-state index contributed by atoms with van der Waals surface area (Å²) >= 11 is 0. The molecule has 0 bridgehead atoms. The summed E-state index contributed by atoms with van der Waals surface area (Å²) in [5.74, 6) is 0. The highest BCUT2D eigenvalue weighted by molar-refractivity contribution is 5.34. The maximum atomic E-state index is 3.95. The molecule has 0 amide bonds. The molecule has 0 atom stereocenters. The molecular weight excluding hydrogens is 136 g/mol. The second kappa shape index (κ2) is 4.39. The van der Waals surface area contributed by atoms with Crippen LogP contribution < -0.4 is 0 Å². The van der Waals surface area contributed by atoms with Crippen LogP contribution in [0.15, 0.2) is 53.2 Å². The zero-order chi connectivity index (χ0) is 7.94. The van der Waals surface area contributed by atoms with Crippen LogP contribution in [0.4, 0.5) is 5.69 Å². The van der Waals surface area contributed by atoms with Gasteiger partial charge >= 0.3 is 0 Å². The predicted octanol–water partition coefficient (Wildman–Crippen LogP) is 2.96. The molecule has 2 nitrogen and oxygen atoms in total. The normalized spacial score (nSPS) is 10.2. The van der Waals surface area contributed by atoms with E-state index in [-0.39, 0.29) is 0 Å². The lowest BCUT2D eigenvalue weighted by Crippen LogP contribution is -1.66. The molecule has 1 aromatic rings. The first-order valence-corrected chi connectivity index (χ1v) is 3.47. The smallest absolute Gasteiger partial charge is 0.0852 e. The van der Waals surface area contributed by atoms with Gasteiger partial charge in [-0.1, -0.05) is 24.3 Å². The molecule has 1 aromatic carbocycles. The fraction of sp³-hybridized carbons (Fsp3) is 0.111. The van der Waals surface area contributed by atoms with E-state index in [0.717, 1.165) is 5.69 Å². The van der Waals surface area contributed by atoms with Crippen LogP contribution in [0.25, 0.3) is 0 Å². The van der Waals surface area contributed by atoms with E-state index < -0.39 is 0 Å². The maximum Gasteiger partial charge on any atom is 0.0852 e. The van der Waals surface area contributed by atoms with Gasteiger partial charge in [0, 0.05) is 0 Å². The van der Waals surface area contributed by atoms with Gasteiger partial charge in [-0.3, -0.25) is 0 Å². The molecule has 0 aliphatic carbocycles. The highest BCUT2D eigenvalue weighted by Crippen LogP contribution is 2.09. The van der Waals surface area contributed by atoms with E-state index in [1.54, 1.807) is 6.08 Å². The van der Waals surface area contributed by atoms with Crippen molar-refractivity contribution >= 4 is 5.69 Å². The monoisotopic (exact) mass is 146 g/mol. The largest absolute Gasteiger partial charge is 0.185 e. The molecule has 0 aliphatic heterocycles. The van der Waals surface area contributed by atoms with Crippen LogP contribution in [0.5, 0.6) is 0 Å². The number of azo groups is 1. The first kappa shape index (κ1) is 7.66. The Hall–Kier alpha value is -1.44. The van der Waals surface area contributed by atoms with Gasteiger partial charge in [0.2, 0.25) is 0 Å². The van der Waals surface area contributed by atoms with Crippen LogP contribution in [-0.2, 0) is 0 Å². The third kappa shape index (κ3) is 2.76. The Morgan fingerprint density at radius 1 is 1.27 bits per heavy atom. The van der Waals surface area contributed by atoms with Crippen LogP contribution >= 0.6 is 0 Å². The highest BCUT2D eigenvalue weighted by Gasteiger charge is 1.81. The fourth-order valence-electron chi connectivity index (χ4n) is 0.675. The average Bonchev–Trinajstić information content (AvgIpc) is 2.07. The van der Waals surface area contributed by atoms with E-state index in [0.29, 0.717) is 6.54 Å². The van der Waals surface area contributed by atoms with Gasteiger partial charge in [0.15, 0.2) is 0 Å². The van der Waals surface area contributed by atoms with Crippen LogP contribution in [0.2, 0.25) is 0 Å². The summed E-state index contributed by atoms with van der Waals surface area (Å²) in [6, 6.07) is 9.64. The van der Waals surface area contributed by atoms with Crippen molar-refractivity contribution in [3.63, 3.8) is 0 Å². The predicted molar refractivity (Wildman–Crippen MR) is 46.0 cm³/mol. The van der Waals surface area contributed by atoms with Crippen LogP contribution in [0, 0.1) is 0 Å². The molecule has 2 heteroatoms. The SMILES string of the molecule is C=CC/N=N/c1ccccc1. The van der Waals surface area contributed by atoms with Gasteiger partial charge in [0.25, 0.3) is 0 Å². The molecule has 0 radical (unpaired) electrons. The van der Waals surface area contributed by atoms with Crippen molar-refractivity contribution in [1.29, 1.82) is 0 Å². The van der Waals surface area contributed by atoms with Crippen molar-refractivity contribution in [2.45, 2.75) is 0 Å². The molecule has 0 spiro atoms. The zero-order valence-corrected chi connectivity index (χ0v) is 6.27. The van der Waals surface area contributed by atoms with Gasteiger partial charge in [-0.05, 0) is 12.1 Å². The van der Waals surface area contributed by atoms with E-state index >= 15 is 0 Å². The summed E-state index contributed by atoms with van der Waals surface area (Å²) in [7, 11) is 0. The molecule has 0 aliphatic rings. The summed E-state index contributed by atoms with van der Waals surface area (Å²) in [6.07, 6.45) is 1.71. The van der Waals surface area contributed by atoms with Gasteiger partial charge < -0.3 is 0 Å². The molecule has 0 aromatic heterocycles. The lowest BCUT2D eigenvalue weighted by molar-refractivity contribution is 1.07. The van der Waals surface area contributed by atoms with Crippen molar-refractivity contribution in [3.8, 4) is 0 Å². The Kier molecular flexibility index (Phi) is 3.06. The minimum absolute atomic E-state index is 0.578. The second-order valence-corrected chi connectivity index (χ2v) is 2.05. The molecule has 1 rings (SSSR count). The Labute approximate surface area is 66.3 Å². The van der Waals surface area contributed by atoms with E-state index in [9.17, 15) is 0 Å².